The van der Waals surface area contributed by atoms with Gasteiger partial charge in [0, 0.05) is 16.1 Å². The molecule has 1 unspecified atom stereocenters. The van der Waals surface area contributed by atoms with Crippen molar-refractivity contribution in [2.75, 3.05) is 6.54 Å². The van der Waals surface area contributed by atoms with Crippen LogP contribution in [-0.4, -0.2) is 30.4 Å². The third-order valence-electron chi connectivity index (χ3n) is 3.63. The van der Waals surface area contributed by atoms with Crippen LogP contribution < -0.4 is 10.9 Å². The quantitative estimate of drug-likeness (QED) is 0.652. The predicted octanol–water partition coefficient (Wildman–Crippen LogP) is 3.04. The van der Waals surface area contributed by atoms with Gasteiger partial charge in [-0.15, -0.1) is 0 Å². The van der Waals surface area contributed by atoms with Crippen LogP contribution in [-0.2, 0) is 4.79 Å². The zero-order valence-electron chi connectivity index (χ0n) is 13.5. The smallest absolute Gasteiger partial charge is 0.138 e. The summed E-state index contributed by atoms with van der Waals surface area (Å²) in [5.74, 6) is 0.153. The Kier molecular flexibility index (Phi) is 5.21. The lowest BCUT2D eigenvalue weighted by molar-refractivity contribution is -0.109. The molecule has 0 saturated heterocycles. The number of carbonyl (C=O) groups excluding carboxylic acids is 1. The molecule has 0 aromatic heterocycles. The van der Waals surface area contributed by atoms with Gasteiger partial charge in [-0.1, -0.05) is 23.7 Å². The summed E-state index contributed by atoms with van der Waals surface area (Å²) < 4.78 is 14.3. The Labute approximate surface area is 149 Å². The molecule has 0 amide bonds. The summed E-state index contributed by atoms with van der Waals surface area (Å²) in [5.41, 5.74) is 7.85. The van der Waals surface area contributed by atoms with Crippen LogP contribution in [0.5, 0.6) is 0 Å². The molecule has 0 aliphatic carbocycles. The monoisotopic (exact) mass is 358 g/mol. The van der Waals surface area contributed by atoms with Crippen LogP contribution in [0.15, 0.2) is 52.4 Å². The van der Waals surface area contributed by atoms with Gasteiger partial charge in [0.1, 0.15) is 17.9 Å². The van der Waals surface area contributed by atoms with E-state index in [0.29, 0.717) is 33.4 Å². The van der Waals surface area contributed by atoms with Gasteiger partial charge in [0.25, 0.3) is 0 Å². The maximum absolute atomic E-state index is 14.3. The van der Waals surface area contributed by atoms with Crippen molar-refractivity contribution in [3.63, 3.8) is 0 Å². The summed E-state index contributed by atoms with van der Waals surface area (Å²) in [6.07, 6.45) is 0.770. The SMILES string of the molecule is CC(C=O)NNC1=Nc2ccc(Cl)cc2C(c2ccccc2F)=NC1. The van der Waals surface area contributed by atoms with E-state index in [0.717, 1.165) is 6.29 Å². The second kappa shape index (κ2) is 7.55. The summed E-state index contributed by atoms with van der Waals surface area (Å²) in [7, 11) is 0. The van der Waals surface area contributed by atoms with Gasteiger partial charge < -0.3 is 10.2 Å². The van der Waals surface area contributed by atoms with Crippen LogP contribution in [0.2, 0.25) is 5.02 Å². The van der Waals surface area contributed by atoms with Crippen LogP contribution in [0.3, 0.4) is 0 Å². The van der Waals surface area contributed by atoms with E-state index in [1.807, 2.05) is 0 Å². The van der Waals surface area contributed by atoms with E-state index in [9.17, 15) is 9.18 Å². The molecule has 0 bridgehead atoms. The molecular weight excluding hydrogens is 343 g/mol. The van der Waals surface area contributed by atoms with E-state index in [-0.39, 0.29) is 18.4 Å². The number of hydrogen-bond acceptors (Lipinski definition) is 5. The van der Waals surface area contributed by atoms with Crippen LogP contribution in [0.25, 0.3) is 0 Å². The number of amidine groups is 1. The zero-order valence-corrected chi connectivity index (χ0v) is 14.2. The number of carbonyl (C=O) groups is 1. The van der Waals surface area contributed by atoms with E-state index in [1.165, 1.54) is 6.07 Å². The number of benzene rings is 2. The second-order valence-electron chi connectivity index (χ2n) is 5.56. The fourth-order valence-corrected chi connectivity index (χ4v) is 2.57. The summed E-state index contributed by atoms with van der Waals surface area (Å²) in [6.45, 7) is 1.91. The lowest BCUT2D eigenvalue weighted by Gasteiger charge is -2.10. The van der Waals surface area contributed by atoms with Crippen LogP contribution in [0.4, 0.5) is 10.1 Å². The predicted molar refractivity (Wildman–Crippen MR) is 97.3 cm³/mol. The summed E-state index contributed by atoms with van der Waals surface area (Å²) in [6, 6.07) is 11.2. The fraction of sp³-hybridized carbons (Fsp3) is 0.167. The van der Waals surface area contributed by atoms with Crippen molar-refractivity contribution in [1.29, 1.82) is 0 Å². The number of nitrogens with zero attached hydrogens (tertiary/aromatic N) is 2. The first kappa shape index (κ1) is 17.3. The van der Waals surface area contributed by atoms with Gasteiger partial charge >= 0.3 is 0 Å². The van der Waals surface area contributed by atoms with Crippen molar-refractivity contribution in [2.24, 2.45) is 9.98 Å². The van der Waals surface area contributed by atoms with Crippen LogP contribution in [0, 0.1) is 5.82 Å². The summed E-state index contributed by atoms with van der Waals surface area (Å²) in [4.78, 5) is 19.8. The first-order valence-corrected chi connectivity index (χ1v) is 8.10. The number of rotatable bonds is 4. The molecule has 3 rings (SSSR count). The molecule has 0 fully saturated rings. The number of hydrogen-bond donors (Lipinski definition) is 2. The first-order valence-electron chi connectivity index (χ1n) is 7.72. The van der Waals surface area contributed by atoms with Crippen molar-refractivity contribution in [2.45, 2.75) is 13.0 Å². The highest BCUT2D eigenvalue weighted by Gasteiger charge is 2.19. The number of aldehydes is 1. The van der Waals surface area contributed by atoms with E-state index in [1.54, 1.807) is 43.3 Å². The van der Waals surface area contributed by atoms with Crippen molar-refractivity contribution in [3.8, 4) is 0 Å². The fourth-order valence-electron chi connectivity index (χ4n) is 2.40. The lowest BCUT2D eigenvalue weighted by Crippen LogP contribution is -2.44. The van der Waals surface area contributed by atoms with Crippen molar-refractivity contribution < 1.29 is 9.18 Å². The maximum atomic E-state index is 14.3. The Morgan fingerprint density at radius 1 is 1.24 bits per heavy atom. The Morgan fingerprint density at radius 2 is 2.04 bits per heavy atom. The molecule has 2 aromatic rings. The Morgan fingerprint density at radius 3 is 2.80 bits per heavy atom. The Hall–Kier alpha value is -2.57. The molecule has 1 aliphatic heterocycles. The van der Waals surface area contributed by atoms with Gasteiger partial charge in [-0.2, -0.15) is 0 Å². The molecule has 0 radical (unpaired) electrons. The molecule has 0 saturated carbocycles. The molecule has 128 valence electrons. The number of fused-ring (bicyclic) bond motifs is 1. The molecule has 2 N–H and O–H groups in total. The highest BCUT2D eigenvalue weighted by atomic mass is 35.5. The van der Waals surface area contributed by atoms with Crippen LogP contribution >= 0.6 is 11.6 Å². The van der Waals surface area contributed by atoms with E-state index in [4.69, 9.17) is 11.6 Å². The van der Waals surface area contributed by atoms with Crippen molar-refractivity contribution >= 4 is 35.1 Å². The molecule has 7 heteroatoms. The molecule has 1 atom stereocenters. The van der Waals surface area contributed by atoms with Gasteiger partial charge in [-0.3, -0.25) is 4.99 Å². The molecule has 1 aliphatic rings. The van der Waals surface area contributed by atoms with Crippen LogP contribution in [0.1, 0.15) is 18.1 Å². The number of aliphatic imine (C=N–C) groups is 2. The largest absolute Gasteiger partial charge is 0.307 e. The van der Waals surface area contributed by atoms with Gasteiger partial charge in [0.15, 0.2) is 0 Å². The van der Waals surface area contributed by atoms with E-state index in [2.05, 4.69) is 20.8 Å². The van der Waals surface area contributed by atoms with Gasteiger partial charge in [0.2, 0.25) is 0 Å². The maximum Gasteiger partial charge on any atom is 0.138 e. The zero-order chi connectivity index (χ0) is 17.8. The average Bonchev–Trinajstić information content (AvgIpc) is 2.79. The van der Waals surface area contributed by atoms with Crippen molar-refractivity contribution in [3.05, 3.63) is 64.4 Å². The molecule has 0 spiro atoms. The normalized spacial score (nSPS) is 14.7. The summed E-state index contributed by atoms with van der Waals surface area (Å²) in [5, 5.41) is 0.516. The van der Waals surface area contributed by atoms with Gasteiger partial charge in [-0.05, 0) is 37.3 Å². The highest BCUT2D eigenvalue weighted by Crippen LogP contribution is 2.28. The minimum Gasteiger partial charge on any atom is -0.307 e. The third-order valence-corrected chi connectivity index (χ3v) is 3.87. The van der Waals surface area contributed by atoms with Gasteiger partial charge in [0.05, 0.1) is 24.0 Å². The third kappa shape index (κ3) is 3.92. The number of halogens is 2. The Bertz CT molecular complexity index is 866. The minimum absolute atomic E-state index is 0.203. The molecule has 2 aromatic carbocycles. The Balaban J connectivity index is 2.03. The lowest BCUT2D eigenvalue weighted by atomic mass is 10.0. The molecule has 25 heavy (non-hydrogen) atoms. The van der Waals surface area contributed by atoms with Crippen molar-refractivity contribution in [1.82, 2.24) is 10.9 Å². The molecular formula is C18H16ClFN4O. The van der Waals surface area contributed by atoms with E-state index >= 15 is 0 Å². The molecule has 5 nitrogen and oxygen atoms in total. The standard InChI is InChI=1S/C18H16ClFN4O/c1-11(10-25)23-24-17-9-21-18(13-4-2-3-5-15(13)20)14-8-12(19)6-7-16(14)22-17/h2-8,10-11,23H,9H2,1H3,(H,22,24). The minimum atomic E-state index is -0.384. The highest BCUT2D eigenvalue weighted by molar-refractivity contribution is 6.31. The topological polar surface area (TPSA) is 65.8 Å². The number of nitrogens with one attached hydrogen (secondary N) is 2. The van der Waals surface area contributed by atoms with E-state index < -0.39 is 0 Å². The average molecular weight is 359 g/mol. The second-order valence-corrected chi connectivity index (χ2v) is 6.00. The van der Waals surface area contributed by atoms with Gasteiger partial charge in [-0.25, -0.2) is 14.8 Å². The first-order chi connectivity index (χ1) is 12.1. The molecule has 1 heterocycles. The number of hydrazine groups is 1. The summed E-state index contributed by atoms with van der Waals surface area (Å²) >= 11 is 6.12.